The van der Waals surface area contributed by atoms with Gasteiger partial charge in [-0.05, 0) is 12.0 Å². The third kappa shape index (κ3) is 2.74. The van der Waals surface area contributed by atoms with Gasteiger partial charge in [-0.2, -0.15) is 0 Å². The van der Waals surface area contributed by atoms with E-state index in [1.165, 1.54) is 5.56 Å². The van der Waals surface area contributed by atoms with Gasteiger partial charge in [0.25, 0.3) is 0 Å². The smallest absolute Gasteiger partial charge is 0.178 e. The number of ketones is 1. The van der Waals surface area contributed by atoms with Crippen LogP contribution in [0.3, 0.4) is 0 Å². The lowest BCUT2D eigenvalue weighted by atomic mass is 10.0. The van der Waals surface area contributed by atoms with Gasteiger partial charge in [-0.15, -0.1) is 11.8 Å². The van der Waals surface area contributed by atoms with Gasteiger partial charge in [0.2, 0.25) is 0 Å². The Morgan fingerprint density at radius 1 is 1.31 bits per heavy atom. The van der Waals surface area contributed by atoms with Gasteiger partial charge in [0.15, 0.2) is 5.78 Å². The molecule has 84 valence electrons. The molecule has 2 unspecified atom stereocenters. The molecule has 2 atom stereocenters. The number of aliphatic hydroxyl groups excluding tert-OH is 1. The monoisotopic (exact) mass is 234 g/mol. The summed E-state index contributed by atoms with van der Waals surface area (Å²) in [5, 5.41) is 9.24. The highest BCUT2D eigenvalue weighted by Gasteiger charge is 2.26. The van der Waals surface area contributed by atoms with Crippen LogP contribution in [-0.2, 0) is 10.5 Å². The van der Waals surface area contributed by atoms with Crippen LogP contribution in [-0.4, -0.2) is 22.2 Å². The number of hydrogen-bond donors (Lipinski definition) is 1. The summed E-state index contributed by atoms with van der Waals surface area (Å²) in [7, 11) is 0. The molecule has 0 bridgehead atoms. The zero-order valence-corrected chi connectivity index (χ0v) is 9.69. The molecule has 0 saturated carbocycles. The molecule has 16 heavy (non-hydrogen) atoms. The molecule has 1 aromatic rings. The Morgan fingerprint density at radius 3 is 2.81 bits per heavy atom. The van der Waals surface area contributed by atoms with E-state index in [1.807, 2.05) is 42.5 Å². The quantitative estimate of drug-likeness (QED) is 0.814. The molecule has 1 aliphatic carbocycles. The molecule has 2 rings (SSSR count). The van der Waals surface area contributed by atoms with E-state index in [9.17, 15) is 9.90 Å². The van der Waals surface area contributed by atoms with E-state index in [0.717, 1.165) is 5.75 Å². The van der Waals surface area contributed by atoms with Crippen LogP contribution in [0.1, 0.15) is 12.0 Å². The minimum atomic E-state index is -0.807. The molecule has 0 heterocycles. The van der Waals surface area contributed by atoms with Crippen molar-refractivity contribution in [1.82, 2.24) is 0 Å². The molecule has 0 aromatic heterocycles. The van der Waals surface area contributed by atoms with E-state index >= 15 is 0 Å². The van der Waals surface area contributed by atoms with Gasteiger partial charge < -0.3 is 5.11 Å². The average Bonchev–Trinajstić information content (AvgIpc) is 2.32. The van der Waals surface area contributed by atoms with Gasteiger partial charge >= 0.3 is 0 Å². The van der Waals surface area contributed by atoms with Crippen molar-refractivity contribution >= 4 is 17.5 Å². The fourth-order valence-electron chi connectivity index (χ4n) is 1.63. The summed E-state index contributed by atoms with van der Waals surface area (Å²) in [5.41, 5.74) is 1.20. The van der Waals surface area contributed by atoms with Crippen molar-refractivity contribution in [2.75, 3.05) is 0 Å². The Bertz CT molecular complexity index is 386. The number of carbonyl (C=O) groups is 1. The van der Waals surface area contributed by atoms with Crippen molar-refractivity contribution in [2.24, 2.45) is 0 Å². The molecule has 0 fully saturated rings. The zero-order valence-electron chi connectivity index (χ0n) is 8.87. The average molecular weight is 234 g/mol. The Balaban J connectivity index is 1.93. The summed E-state index contributed by atoms with van der Waals surface area (Å²) >= 11 is 1.57. The van der Waals surface area contributed by atoms with Gasteiger partial charge in [0, 0.05) is 5.75 Å². The summed E-state index contributed by atoms with van der Waals surface area (Å²) in [6.07, 6.45) is 3.43. The second kappa shape index (κ2) is 5.32. The fraction of sp³-hybridized carbons (Fsp3) is 0.308. The normalized spacial score (nSPS) is 24.7. The first-order valence-electron chi connectivity index (χ1n) is 5.31. The highest BCUT2D eigenvalue weighted by atomic mass is 32.2. The van der Waals surface area contributed by atoms with Crippen LogP contribution in [0.4, 0.5) is 0 Å². The molecular weight excluding hydrogens is 220 g/mol. The molecule has 1 N–H and O–H groups in total. The lowest BCUT2D eigenvalue weighted by Crippen LogP contribution is -2.31. The molecule has 1 aromatic carbocycles. The third-order valence-corrected chi connectivity index (χ3v) is 3.80. The number of aliphatic hydroxyl groups is 1. The van der Waals surface area contributed by atoms with Crippen molar-refractivity contribution in [3.05, 3.63) is 48.0 Å². The van der Waals surface area contributed by atoms with E-state index in [-0.39, 0.29) is 11.0 Å². The predicted octanol–water partition coefficient (Wildman–Crippen LogP) is 2.18. The minimum Gasteiger partial charge on any atom is -0.385 e. The fourth-order valence-corrected chi connectivity index (χ4v) is 2.74. The standard InChI is InChI=1S/C13H14O2S/c14-11-7-4-8-12(13(11)15)16-9-10-5-2-1-3-6-10/h1-6,8,11-12,14H,7,9H2. The van der Waals surface area contributed by atoms with Crippen molar-refractivity contribution < 1.29 is 9.90 Å². The van der Waals surface area contributed by atoms with Crippen LogP contribution in [0.2, 0.25) is 0 Å². The number of benzene rings is 1. The van der Waals surface area contributed by atoms with Crippen LogP contribution in [0.5, 0.6) is 0 Å². The Morgan fingerprint density at radius 2 is 2.06 bits per heavy atom. The largest absolute Gasteiger partial charge is 0.385 e. The maximum atomic E-state index is 11.6. The Kier molecular flexibility index (Phi) is 3.80. The molecule has 0 aliphatic heterocycles. The second-order valence-electron chi connectivity index (χ2n) is 3.80. The number of carbonyl (C=O) groups excluding carboxylic acids is 1. The Labute approximate surface area is 99.4 Å². The maximum absolute atomic E-state index is 11.6. The van der Waals surface area contributed by atoms with E-state index in [4.69, 9.17) is 0 Å². The summed E-state index contributed by atoms with van der Waals surface area (Å²) in [6.45, 7) is 0. The number of thioether (sulfide) groups is 1. The Hall–Kier alpha value is -1.06. The maximum Gasteiger partial charge on any atom is 0.178 e. The number of Topliss-reactive ketones (excluding diaryl/α,β-unsaturated/α-hetero) is 1. The van der Waals surface area contributed by atoms with Crippen molar-refractivity contribution in [3.63, 3.8) is 0 Å². The SMILES string of the molecule is O=C1C(O)CC=CC1SCc1ccccc1. The van der Waals surface area contributed by atoms with Crippen LogP contribution in [0, 0.1) is 0 Å². The molecule has 0 amide bonds. The number of rotatable bonds is 3. The predicted molar refractivity (Wildman–Crippen MR) is 66.3 cm³/mol. The van der Waals surface area contributed by atoms with Crippen LogP contribution >= 0.6 is 11.8 Å². The van der Waals surface area contributed by atoms with Gasteiger partial charge in [-0.1, -0.05) is 42.5 Å². The van der Waals surface area contributed by atoms with Gasteiger partial charge in [-0.25, -0.2) is 0 Å². The summed E-state index contributed by atoms with van der Waals surface area (Å²) in [4.78, 5) is 11.6. The van der Waals surface area contributed by atoms with E-state index in [2.05, 4.69) is 0 Å². The molecule has 0 radical (unpaired) electrons. The van der Waals surface area contributed by atoms with Crippen molar-refractivity contribution in [3.8, 4) is 0 Å². The lowest BCUT2D eigenvalue weighted by Gasteiger charge is -2.19. The summed E-state index contributed by atoms with van der Waals surface area (Å²) in [5.74, 6) is 0.734. The molecule has 1 aliphatic rings. The lowest BCUT2D eigenvalue weighted by molar-refractivity contribution is -0.126. The van der Waals surface area contributed by atoms with Gasteiger partial charge in [0.05, 0.1) is 5.25 Å². The zero-order chi connectivity index (χ0) is 11.4. The third-order valence-electron chi connectivity index (χ3n) is 2.55. The van der Waals surface area contributed by atoms with E-state index in [1.54, 1.807) is 11.8 Å². The molecule has 2 nitrogen and oxygen atoms in total. The van der Waals surface area contributed by atoms with Gasteiger partial charge in [0.1, 0.15) is 6.10 Å². The topological polar surface area (TPSA) is 37.3 Å². The minimum absolute atomic E-state index is 0.0663. The summed E-state index contributed by atoms with van der Waals surface area (Å²) < 4.78 is 0. The molecule has 0 spiro atoms. The van der Waals surface area contributed by atoms with Crippen LogP contribution in [0.25, 0.3) is 0 Å². The van der Waals surface area contributed by atoms with Crippen molar-refractivity contribution in [2.45, 2.75) is 23.5 Å². The van der Waals surface area contributed by atoms with Crippen LogP contribution in [0.15, 0.2) is 42.5 Å². The highest BCUT2D eigenvalue weighted by Crippen LogP contribution is 2.24. The van der Waals surface area contributed by atoms with Crippen LogP contribution < -0.4 is 0 Å². The number of hydrogen-bond acceptors (Lipinski definition) is 3. The van der Waals surface area contributed by atoms with E-state index < -0.39 is 6.10 Å². The first-order valence-corrected chi connectivity index (χ1v) is 6.36. The highest BCUT2D eigenvalue weighted by molar-refractivity contribution is 8.00. The second-order valence-corrected chi connectivity index (χ2v) is 4.93. The summed E-state index contributed by atoms with van der Waals surface area (Å²) in [6, 6.07) is 10.0. The van der Waals surface area contributed by atoms with Gasteiger partial charge in [-0.3, -0.25) is 4.79 Å². The molecule has 3 heteroatoms. The first-order chi connectivity index (χ1) is 7.77. The molecular formula is C13H14O2S. The van der Waals surface area contributed by atoms with E-state index in [0.29, 0.717) is 6.42 Å². The van der Waals surface area contributed by atoms with Crippen molar-refractivity contribution in [1.29, 1.82) is 0 Å². The molecule has 0 saturated heterocycles. The first kappa shape index (κ1) is 11.4.